The highest BCUT2D eigenvalue weighted by molar-refractivity contribution is 6.31. The van der Waals surface area contributed by atoms with Crippen LogP contribution < -0.4 is 16.0 Å². The van der Waals surface area contributed by atoms with Crippen LogP contribution in [0, 0.1) is 10.8 Å². The van der Waals surface area contributed by atoms with Gasteiger partial charge < -0.3 is 25.7 Å². The summed E-state index contributed by atoms with van der Waals surface area (Å²) in [4.78, 5) is 48.2. The molecule has 2 saturated carbocycles. The van der Waals surface area contributed by atoms with Crippen molar-refractivity contribution in [3.05, 3.63) is 64.4 Å². The summed E-state index contributed by atoms with van der Waals surface area (Å²) in [5.74, 6) is 0.252. The Bertz CT molecular complexity index is 1620. The maximum Gasteiger partial charge on any atom is 0.243 e. The quantitative estimate of drug-likeness (QED) is 0.274. The second-order valence-corrected chi connectivity index (χ2v) is 14.0. The monoisotopic (exact) mass is 617 g/mol. The molecule has 44 heavy (non-hydrogen) atoms. The van der Waals surface area contributed by atoms with E-state index in [1.807, 2.05) is 49.4 Å². The van der Waals surface area contributed by atoms with Gasteiger partial charge in [0.05, 0.1) is 29.1 Å². The lowest BCUT2D eigenvalue weighted by Crippen LogP contribution is -2.57. The van der Waals surface area contributed by atoms with Gasteiger partial charge in [-0.2, -0.15) is 0 Å². The maximum atomic E-state index is 14.0. The number of hydrogen-bond donors (Lipinski definition) is 4. The molecule has 2 aromatic carbocycles. The lowest BCUT2D eigenvalue weighted by atomic mass is 9.65. The van der Waals surface area contributed by atoms with Crippen LogP contribution in [0.4, 0.5) is 0 Å². The topological polar surface area (TPSA) is 125 Å². The van der Waals surface area contributed by atoms with Crippen LogP contribution in [0.3, 0.4) is 0 Å². The third-order valence-electron chi connectivity index (χ3n) is 10.9. The molecule has 0 bridgehead atoms. The highest BCUT2D eigenvalue weighted by Crippen LogP contribution is 2.60. The van der Waals surface area contributed by atoms with Crippen molar-refractivity contribution < 1.29 is 19.1 Å². The molecule has 9 nitrogen and oxygen atoms in total. The minimum absolute atomic E-state index is 0.0333. The van der Waals surface area contributed by atoms with Crippen molar-refractivity contribution in [2.75, 3.05) is 19.8 Å². The Morgan fingerprint density at radius 1 is 1.14 bits per heavy atom. The van der Waals surface area contributed by atoms with E-state index in [1.54, 1.807) is 0 Å². The lowest BCUT2D eigenvalue weighted by molar-refractivity contribution is -0.133. The van der Waals surface area contributed by atoms with Gasteiger partial charge in [-0.3, -0.25) is 14.4 Å². The summed E-state index contributed by atoms with van der Waals surface area (Å²) in [6, 6.07) is 12.8. The van der Waals surface area contributed by atoms with Gasteiger partial charge in [-0.15, -0.1) is 0 Å². The van der Waals surface area contributed by atoms with Crippen molar-refractivity contribution in [1.82, 2.24) is 25.9 Å². The number of ether oxygens (including phenoxy) is 1. The van der Waals surface area contributed by atoms with E-state index >= 15 is 0 Å². The summed E-state index contributed by atoms with van der Waals surface area (Å²) in [7, 11) is 0. The normalized spacial score (nSPS) is 26.2. The van der Waals surface area contributed by atoms with E-state index in [0.717, 1.165) is 54.3 Å². The Kier molecular flexibility index (Phi) is 7.24. The highest BCUT2D eigenvalue weighted by Gasteiger charge is 2.55. The van der Waals surface area contributed by atoms with Gasteiger partial charge in [0.25, 0.3) is 0 Å². The van der Waals surface area contributed by atoms with Crippen molar-refractivity contribution in [1.29, 1.82) is 0 Å². The van der Waals surface area contributed by atoms with Gasteiger partial charge in [0.2, 0.25) is 17.7 Å². The molecule has 7 rings (SSSR count). The van der Waals surface area contributed by atoms with Gasteiger partial charge in [0.15, 0.2) is 0 Å². The van der Waals surface area contributed by atoms with Crippen LogP contribution >= 0.6 is 11.6 Å². The maximum absolute atomic E-state index is 14.0. The Morgan fingerprint density at radius 3 is 2.59 bits per heavy atom. The molecule has 232 valence electrons. The fraction of sp³-hybridized carbons (Fsp3) is 0.529. The van der Waals surface area contributed by atoms with Crippen molar-refractivity contribution >= 4 is 40.4 Å². The molecule has 4 aliphatic rings. The zero-order valence-electron chi connectivity index (χ0n) is 25.3. The summed E-state index contributed by atoms with van der Waals surface area (Å²) in [5.41, 5.74) is 2.22. The Labute approximate surface area is 262 Å². The van der Waals surface area contributed by atoms with E-state index in [2.05, 4.69) is 27.9 Å². The van der Waals surface area contributed by atoms with E-state index in [1.165, 1.54) is 0 Å². The van der Waals surface area contributed by atoms with Crippen molar-refractivity contribution in [2.24, 2.45) is 10.8 Å². The van der Waals surface area contributed by atoms with Crippen LogP contribution in [0.25, 0.3) is 11.0 Å². The summed E-state index contributed by atoms with van der Waals surface area (Å²) < 4.78 is 5.82. The van der Waals surface area contributed by atoms with Gasteiger partial charge >= 0.3 is 0 Å². The Hall–Kier alpha value is -3.43. The summed E-state index contributed by atoms with van der Waals surface area (Å²) in [6.07, 6.45) is 5.89. The molecule has 2 saturated heterocycles. The standard InChI is InChI=1S/C34H40ClN5O4/c1-3-25(41)39-27(26(32(2)13-14-32)21-7-4-5-8-22(21)35)29-37-23-10-9-20(17-24(23)38-29)34(15-16-44-19-34)31(43)40-28-30(42)36-18-33(28)11-6-12-33/h4-5,7-10,17,26-28H,3,6,11-16,18-19H2,1-2H3,(H,36,42)(H,37,38)(H,39,41)(H,40,43)/t26-,27-,28-,34?/m0/s1. The number of rotatable bonds is 9. The van der Waals surface area contributed by atoms with E-state index in [0.29, 0.717) is 36.8 Å². The number of carbonyl (C=O) groups is 3. The minimum Gasteiger partial charge on any atom is -0.380 e. The van der Waals surface area contributed by atoms with E-state index in [4.69, 9.17) is 21.3 Å². The zero-order chi connectivity index (χ0) is 30.7. The van der Waals surface area contributed by atoms with Crippen molar-refractivity contribution in [3.63, 3.8) is 0 Å². The number of hydrogen-bond acceptors (Lipinski definition) is 5. The highest BCUT2D eigenvalue weighted by atomic mass is 35.5. The third kappa shape index (κ3) is 4.79. The number of fused-ring (bicyclic) bond motifs is 1. The predicted octanol–water partition coefficient (Wildman–Crippen LogP) is 4.81. The molecule has 0 radical (unpaired) electrons. The van der Waals surface area contributed by atoms with Gasteiger partial charge in [0, 0.05) is 35.9 Å². The summed E-state index contributed by atoms with van der Waals surface area (Å²) in [5, 5.41) is 10.1. The number of halogens is 1. The molecular weight excluding hydrogens is 578 g/mol. The largest absolute Gasteiger partial charge is 0.380 e. The number of carbonyl (C=O) groups excluding carboxylic acids is 3. The number of H-pyrrole nitrogens is 1. The fourth-order valence-corrected chi connectivity index (χ4v) is 7.94. The number of imidazole rings is 1. The van der Waals surface area contributed by atoms with Gasteiger partial charge in [-0.05, 0) is 66.8 Å². The number of benzene rings is 2. The SMILES string of the molecule is CCC(=O)N[C@H](c1nc2ccc(C3(C(=O)N[C@H]4C(=O)NCC45CCC5)CCOC3)cc2[nH]1)[C@H](c1ccccc1Cl)C1(C)CC1. The molecule has 1 spiro atoms. The molecule has 2 aliphatic carbocycles. The van der Waals surface area contributed by atoms with Crippen LogP contribution in [0.5, 0.6) is 0 Å². The second kappa shape index (κ2) is 10.9. The Balaban J connectivity index is 1.25. The molecule has 3 amide bonds. The Morgan fingerprint density at radius 2 is 1.93 bits per heavy atom. The minimum atomic E-state index is -0.912. The van der Waals surface area contributed by atoms with Crippen molar-refractivity contribution in [3.8, 4) is 0 Å². The molecule has 3 heterocycles. The summed E-state index contributed by atoms with van der Waals surface area (Å²) in [6.45, 7) is 5.41. The van der Waals surface area contributed by atoms with Crippen LogP contribution in [0.2, 0.25) is 5.02 Å². The molecule has 1 aromatic heterocycles. The zero-order valence-corrected chi connectivity index (χ0v) is 26.1. The van der Waals surface area contributed by atoms with E-state index in [-0.39, 0.29) is 41.1 Å². The third-order valence-corrected chi connectivity index (χ3v) is 11.3. The first-order valence-electron chi connectivity index (χ1n) is 15.9. The molecule has 10 heteroatoms. The van der Waals surface area contributed by atoms with Crippen LogP contribution in [-0.2, 0) is 24.5 Å². The molecule has 4 atom stereocenters. The molecule has 2 aliphatic heterocycles. The summed E-state index contributed by atoms with van der Waals surface area (Å²) >= 11 is 6.75. The van der Waals surface area contributed by atoms with E-state index in [9.17, 15) is 14.4 Å². The number of amides is 3. The number of nitrogens with one attached hydrogen (secondary N) is 4. The van der Waals surface area contributed by atoms with Crippen molar-refractivity contribution in [2.45, 2.75) is 82.2 Å². The second-order valence-electron chi connectivity index (χ2n) is 13.6. The molecular formula is C34H40ClN5O4. The fourth-order valence-electron chi connectivity index (χ4n) is 7.68. The first kappa shape index (κ1) is 29.3. The number of nitrogens with zero attached hydrogens (tertiary/aromatic N) is 1. The lowest BCUT2D eigenvalue weighted by Gasteiger charge is -2.42. The molecule has 4 N–H and O–H groups in total. The number of aromatic amines is 1. The van der Waals surface area contributed by atoms with Gasteiger partial charge in [0.1, 0.15) is 11.9 Å². The van der Waals surface area contributed by atoms with Crippen LogP contribution in [0.15, 0.2) is 42.5 Å². The number of aromatic nitrogens is 2. The van der Waals surface area contributed by atoms with Crippen LogP contribution in [0.1, 0.15) is 87.7 Å². The smallest absolute Gasteiger partial charge is 0.243 e. The van der Waals surface area contributed by atoms with Gasteiger partial charge in [-0.25, -0.2) is 4.98 Å². The van der Waals surface area contributed by atoms with Crippen LogP contribution in [-0.4, -0.2) is 53.5 Å². The average molecular weight is 618 g/mol. The first-order chi connectivity index (χ1) is 21.2. The van der Waals surface area contributed by atoms with E-state index < -0.39 is 17.5 Å². The molecule has 1 unspecified atom stereocenters. The van der Waals surface area contributed by atoms with Gasteiger partial charge in [-0.1, -0.05) is 56.1 Å². The molecule has 4 fully saturated rings. The first-order valence-corrected chi connectivity index (χ1v) is 16.3. The average Bonchev–Trinajstić information content (AvgIpc) is 3.36. The molecule has 3 aromatic rings. The predicted molar refractivity (Wildman–Crippen MR) is 167 cm³/mol.